The summed E-state index contributed by atoms with van der Waals surface area (Å²) in [6.07, 6.45) is 8.11. The highest BCUT2D eigenvalue weighted by Gasteiger charge is 2.64. The van der Waals surface area contributed by atoms with Crippen molar-refractivity contribution in [2.75, 3.05) is 0 Å². The highest BCUT2D eigenvalue weighted by Crippen LogP contribution is 2.67. The van der Waals surface area contributed by atoms with E-state index in [0.717, 1.165) is 38.5 Å². The molecule has 0 spiro atoms. The molecule has 4 aliphatic rings. The second-order valence-corrected chi connectivity index (χ2v) is 9.91. The van der Waals surface area contributed by atoms with E-state index in [1.165, 1.54) is 12.5 Å². The number of ketones is 2. The molecule has 0 amide bonds. The number of carbonyl (C=O) groups is 3. The van der Waals surface area contributed by atoms with Gasteiger partial charge in [0.2, 0.25) is 0 Å². The van der Waals surface area contributed by atoms with E-state index in [4.69, 9.17) is 4.74 Å². The van der Waals surface area contributed by atoms with Crippen LogP contribution in [0.2, 0.25) is 0 Å². The summed E-state index contributed by atoms with van der Waals surface area (Å²) in [5, 5.41) is 0. The van der Waals surface area contributed by atoms with Crippen LogP contribution in [0, 0.1) is 34.5 Å². The van der Waals surface area contributed by atoms with Gasteiger partial charge in [0.1, 0.15) is 11.9 Å². The van der Waals surface area contributed by atoms with Crippen molar-refractivity contribution in [2.24, 2.45) is 34.5 Å². The second-order valence-electron chi connectivity index (χ2n) is 9.91. The molecule has 4 nitrogen and oxygen atoms in total. The molecule has 3 fully saturated rings. The van der Waals surface area contributed by atoms with Crippen molar-refractivity contribution in [1.29, 1.82) is 0 Å². The molecule has 3 saturated carbocycles. The zero-order valence-electron chi connectivity index (χ0n) is 17.0. The number of ether oxygens (including phenoxy) is 1. The van der Waals surface area contributed by atoms with Crippen molar-refractivity contribution in [1.82, 2.24) is 0 Å². The first-order valence-corrected chi connectivity index (χ1v) is 10.6. The first kappa shape index (κ1) is 18.9. The zero-order chi connectivity index (χ0) is 19.6. The van der Waals surface area contributed by atoms with Gasteiger partial charge in [0.05, 0.1) is 0 Å². The van der Waals surface area contributed by atoms with Gasteiger partial charge in [-0.1, -0.05) is 19.4 Å². The number of carbonyl (C=O) groups excluding carboxylic acids is 3. The molecule has 0 bridgehead atoms. The van der Waals surface area contributed by atoms with Crippen LogP contribution in [0.25, 0.3) is 0 Å². The third kappa shape index (κ3) is 2.66. The highest BCUT2D eigenvalue weighted by molar-refractivity contribution is 5.91. The molecule has 0 heterocycles. The van der Waals surface area contributed by atoms with E-state index in [9.17, 15) is 14.4 Å². The van der Waals surface area contributed by atoms with Gasteiger partial charge in [-0.15, -0.1) is 0 Å². The monoisotopic (exact) mass is 372 g/mol. The lowest BCUT2D eigenvalue weighted by atomic mass is 9.46. The van der Waals surface area contributed by atoms with Crippen molar-refractivity contribution in [3.05, 3.63) is 11.6 Å². The van der Waals surface area contributed by atoms with Crippen LogP contribution in [0.4, 0.5) is 0 Å². The Kier molecular flexibility index (Phi) is 4.40. The fourth-order valence-corrected chi connectivity index (χ4v) is 7.53. The summed E-state index contributed by atoms with van der Waals surface area (Å²) in [4.78, 5) is 36.4. The molecule has 4 rings (SSSR count). The topological polar surface area (TPSA) is 60.4 Å². The number of Topliss-reactive ketones (excluding diaryl/α,β-unsaturated/α-hetero) is 1. The molecule has 0 aromatic heterocycles. The summed E-state index contributed by atoms with van der Waals surface area (Å²) in [5.74, 6) is 1.65. The molecule has 4 aliphatic carbocycles. The van der Waals surface area contributed by atoms with Crippen LogP contribution in [0.5, 0.6) is 0 Å². The summed E-state index contributed by atoms with van der Waals surface area (Å²) in [7, 11) is 0. The molecule has 148 valence electrons. The summed E-state index contributed by atoms with van der Waals surface area (Å²) < 4.78 is 5.91. The molecule has 0 aromatic carbocycles. The number of hydrogen-bond donors (Lipinski definition) is 0. The molecular formula is C23H32O4. The van der Waals surface area contributed by atoms with Gasteiger partial charge in [0.15, 0.2) is 5.78 Å². The lowest BCUT2D eigenvalue weighted by Crippen LogP contribution is -2.58. The Bertz CT molecular complexity index is 722. The van der Waals surface area contributed by atoms with Crippen LogP contribution >= 0.6 is 0 Å². The Morgan fingerprint density at radius 2 is 1.81 bits per heavy atom. The maximum atomic E-state index is 12.4. The fraction of sp³-hybridized carbons (Fsp3) is 0.783. The fourth-order valence-electron chi connectivity index (χ4n) is 7.53. The van der Waals surface area contributed by atoms with Crippen LogP contribution in [-0.2, 0) is 19.1 Å². The van der Waals surface area contributed by atoms with Crippen LogP contribution < -0.4 is 0 Å². The van der Waals surface area contributed by atoms with Crippen LogP contribution in [0.3, 0.4) is 0 Å². The van der Waals surface area contributed by atoms with Gasteiger partial charge in [-0.25, -0.2) is 0 Å². The van der Waals surface area contributed by atoms with Gasteiger partial charge in [0, 0.05) is 24.7 Å². The lowest BCUT2D eigenvalue weighted by Gasteiger charge is -2.60. The molecule has 0 N–H and O–H groups in total. The minimum atomic E-state index is -0.249. The number of fused-ring (bicyclic) bond motifs is 5. The van der Waals surface area contributed by atoms with Gasteiger partial charge in [-0.3, -0.25) is 14.4 Å². The maximum Gasteiger partial charge on any atom is 0.302 e. The van der Waals surface area contributed by atoms with Gasteiger partial charge in [-0.05, 0) is 74.7 Å². The van der Waals surface area contributed by atoms with Gasteiger partial charge in [-0.2, -0.15) is 0 Å². The summed E-state index contributed by atoms with van der Waals surface area (Å²) in [5.41, 5.74) is 1.09. The van der Waals surface area contributed by atoms with Crippen LogP contribution in [-0.4, -0.2) is 23.6 Å². The first-order valence-electron chi connectivity index (χ1n) is 10.6. The molecule has 27 heavy (non-hydrogen) atoms. The minimum Gasteiger partial charge on any atom is -0.462 e. The molecule has 4 heteroatoms. The number of hydrogen-bond acceptors (Lipinski definition) is 4. The third-order valence-electron chi connectivity index (χ3n) is 8.84. The van der Waals surface area contributed by atoms with Crippen molar-refractivity contribution < 1.29 is 19.1 Å². The molecule has 0 aliphatic heterocycles. The number of rotatable bonds is 2. The first-order chi connectivity index (χ1) is 12.7. The largest absolute Gasteiger partial charge is 0.462 e. The molecule has 0 radical (unpaired) electrons. The van der Waals surface area contributed by atoms with Crippen molar-refractivity contribution >= 4 is 17.5 Å². The van der Waals surface area contributed by atoms with Crippen LogP contribution in [0.15, 0.2) is 11.6 Å². The van der Waals surface area contributed by atoms with E-state index in [1.807, 2.05) is 6.08 Å². The molecule has 0 saturated heterocycles. The minimum absolute atomic E-state index is 0.00882. The Balaban J connectivity index is 1.75. The quantitative estimate of drug-likeness (QED) is 0.679. The van der Waals surface area contributed by atoms with Crippen molar-refractivity contribution in [2.45, 2.75) is 78.7 Å². The maximum absolute atomic E-state index is 12.4. The van der Waals surface area contributed by atoms with E-state index >= 15 is 0 Å². The van der Waals surface area contributed by atoms with Crippen molar-refractivity contribution in [3.8, 4) is 0 Å². The Morgan fingerprint density at radius 3 is 2.48 bits per heavy atom. The van der Waals surface area contributed by atoms with Gasteiger partial charge < -0.3 is 4.74 Å². The average Bonchev–Trinajstić information content (AvgIpc) is 2.95. The predicted octanol–water partition coefficient (Wildman–Crippen LogP) is 4.27. The molecule has 1 unspecified atom stereocenters. The van der Waals surface area contributed by atoms with E-state index in [0.29, 0.717) is 24.2 Å². The van der Waals surface area contributed by atoms with Crippen molar-refractivity contribution in [3.63, 3.8) is 0 Å². The Hall–Kier alpha value is -1.45. The molecular weight excluding hydrogens is 340 g/mol. The summed E-state index contributed by atoms with van der Waals surface area (Å²) in [6, 6.07) is 0. The molecule has 7 atom stereocenters. The zero-order valence-corrected chi connectivity index (χ0v) is 17.0. The lowest BCUT2D eigenvalue weighted by molar-refractivity contribution is -0.180. The number of allylic oxidation sites excluding steroid dienone is 1. The van der Waals surface area contributed by atoms with Crippen LogP contribution in [0.1, 0.15) is 72.6 Å². The van der Waals surface area contributed by atoms with E-state index in [2.05, 4.69) is 13.8 Å². The standard InChI is InChI=1S/C23H32O4/c1-13(24)18-7-8-19-17-6-5-15-11-16(26)9-10-22(15,3)20(17)12-21(23(18,19)4)27-14(2)25/h11,17-21H,5-10,12H2,1-4H3/t17-,18+,19-,20-,21?,22-,23+/m0/s1. The normalized spacial score (nSPS) is 46.0. The van der Waals surface area contributed by atoms with Gasteiger partial charge in [0.25, 0.3) is 0 Å². The average molecular weight is 373 g/mol. The van der Waals surface area contributed by atoms with Gasteiger partial charge >= 0.3 is 5.97 Å². The molecule has 0 aromatic rings. The third-order valence-corrected chi connectivity index (χ3v) is 8.84. The second kappa shape index (κ2) is 6.28. The smallest absolute Gasteiger partial charge is 0.302 e. The Morgan fingerprint density at radius 1 is 1.07 bits per heavy atom. The summed E-state index contributed by atoms with van der Waals surface area (Å²) >= 11 is 0. The predicted molar refractivity (Wildman–Crippen MR) is 102 cm³/mol. The van der Waals surface area contributed by atoms with E-state index in [1.54, 1.807) is 6.92 Å². The van der Waals surface area contributed by atoms with E-state index < -0.39 is 0 Å². The Labute approximate surface area is 162 Å². The highest BCUT2D eigenvalue weighted by atomic mass is 16.5. The number of esters is 1. The van der Waals surface area contributed by atoms with E-state index in [-0.39, 0.29) is 40.4 Å². The SMILES string of the molecule is CC(=O)OC1C[C@H]2[C@@H](CCC3=CC(=O)CC[C@@]32C)[C@@H]2CC[C@H](C(C)=O)[C@@]12C. The summed E-state index contributed by atoms with van der Waals surface area (Å²) in [6.45, 7) is 7.71.